The Kier molecular flexibility index (Phi) is 2.59. The summed E-state index contributed by atoms with van der Waals surface area (Å²) in [7, 11) is 0. The first kappa shape index (κ1) is 10.3. The van der Waals surface area contributed by atoms with Gasteiger partial charge in [0.05, 0.1) is 0 Å². The van der Waals surface area contributed by atoms with Crippen molar-refractivity contribution < 1.29 is 17.9 Å². The van der Waals surface area contributed by atoms with Gasteiger partial charge in [0.2, 0.25) is 0 Å². The largest absolute Gasteiger partial charge is 0.481 e. The molecule has 15 heavy (non-hydrogen) atoms. The third-order valence-corrected chi connectivity index (χ3v) is 2.69. The van der Waals surface area contributed by atoms with E-state index in [1.807, 2.05) is 0 Å². The van der Waals surface area contributed by atoms with E-state index in [0.29, 0.717) is 12.8 Å². The number of aryl methyl sites for hydroxylation is 1. The third-order valence-electron chi connectivity index (χ3n) is 2.69. The van der Waals surface area contributed by atoms with Crippen molar-refractivity contribution in [3.05, 3.63) is 29.6 Å². The Morgan fingerprint density at radius 2 is 2.00 bits per heavy atom. The number of hydrogen-bond acceptors (Lipinski definition) is 1. The number of benzene rings is 1. The molecule has 2 rings (SSSR count). The van der Waals surface area contributed by atoms with Crippen molar-refractivity contribution in [2.24, 2.45) is 0 Å². The lowest BCUT2D eigenvalue weighted by atomic mass is 9.93. The van der Waals surface area contributed by atoms with Gasteiger partial charge < -0.3 is 4.74 Å². The molecule has 0 bridgehead atoms. The van der Waals surface area contributed by atoms with Crippen LogP contribution in [0.4, 0.5) is 13.2 Å². The molecule has 1 aromatic rings. The van der Waals surface area contributed by atoms with E-state index in [1.165, 1.54) is 12.1 Å². The van der Waals surface area contributed by atoms with Crippen LogP contribution >= 0.6 is 0 Å². The Labute approximate surface area is 85.9 Å². The Morgan fingerprint density at radius 3 is 2.67 bits per heavy atom. The summed E-state index contributed by atoms with van der Waals surface area (Å²) >= 11 is 0. The van der Waals surface area contributed by atoms with E-state index >= 15 is 0 Å². The Balaban J connectivity index is 2.32. The molecule has 0 atom stereocenters. The van der Waals surface area contributed by atoms with E-state index in [2.05, 4.69) is 0 Å². The van der Waals surface area contributed by atoms with Gasteiger partial charge in [0.25, 0.3) is 0 Å². The van der Waals surface area contributed by atoms with Gasteiger partial charge in [-0.3, -0.25) is 0 Å². The molecule has 0 radical (unpaired) electrons. The van der Waals surface area contributed by atoms with Crippen LogP contribution in [0.3, 0.4) is 0 Å². The maximum Gasteiger partial charge on any atom is 0.166 e. The highest BCUT2D eigenvalue weighted by Crippen LogP contribution is 2.34. The van der Waals surface area contributed by atoms with E-state index < -0.39 is 24.8 Å². The molecule has 4 heteroatoms. The molecule has 0 unspecified atom stereocenters. The molecule has 1 aliphatic heterocycles. The van der Waals surface area contributed by atoms with Gasteiger partial charge in [-0.05, 0) is 24.5 Å². The fourth-order valence-electron chi connectivity index (χ4n) is 1.70. The molecule has 1 aromatic carbocycles. The van der Waals surface area contributed by atoms with Gasteiger partial charge in [0.1, 0.15) is 24.9 Å². The second-order valence-corrected chi connectivity index (χ2v) is 3.80. The average molecular weight is 216 g/mol. The summed E-state index contributed by atoms with van der Waals surface area (Å²) in [5, 5.41) is 0. The molecule has 0 spiro atoms. The first-order valence-corrected chi connectivity index (χ1v) is 4.78. The first-order chi connectivity index (χ1) is 7.19. The normalized spacial score (nSPS) is 18.1. The van der Waals surface area contributed by atoms with Crippen LogP contribution in [-0.2, 0) is 6.42 Å². The van der Waals surface area contributed by atoms with Gasteiger partial charge in [-0.2, -0.15) is 0 Å². The van der Waals surface area contributed by atoms with Crippen molar-refractivity contribution in [3.63, 3.8) is 0 Å². The maximum atomic E-state index is 12.9. The molecule has 82 valence electrons. The van der Waals surface area contributed by atoms with Crippen molar-refractivity contribution in [3.8, 4) is 5.75 Å². The average Bonchev–Trinajstić information content (AvgIpc) is 2.28. The van der Waals surface area contributed by atoms with E-state index in [9.17, 15) is 13.2 Å². The standard InChI is InChI=1S/C11H11F3O/c12-6-11(7-13)4-3-8-1-2-9(14)5-10(8)15-11/h1-2,5H,3-4,6-7H2. The van der Waals surface area contributed by atoms with Crippen LogP contribution in [0.15, 0.2) is 18.2 Å². The molecule has 0 saturated heterocycles. The van der Waals surface area contributed by atoms with E-state index in [0.717, 1.165) is 5.56 Å². The third kappa shape index (κ3) is 1.80. The summed E-state index contributed by atoms with van der Waals surface area (Å²) in [6.45, 7) is -1.78. The monoisotopic (exact) mass is 216 g/mol. The SMILES string of the molecule is FCC1(CF)CCc2ccc(F)cc2O1. The summed E-state index contributed by atoms with van der Waals surface area (Å²) in [5.41, 5.74) is -0.602. The molecular formula is C11H11F3O. The molecule has 0 amide bonds. The quantitative estimate of drug-likeness (QED) is 0.738. The van der Waals surface area contributed by atoms with Crippen molar-refractivity contribution in [1.82, 2.24) is 0 Å². The van der Waals surface area contributed by atoms with Crippen LogP contribution in [-0.4, -0.2) is 19.0 Å². The molecule has 0 aromatic heterocycles. The van der Waals surface area contributed by atoms with E-state index in [-0.39, 0.29) is 5.75 Å². The molecule has 0 N–H and O–H groups in total. The fourth-order valence-corrected chi connectivity index (χ4v) is 1.70. The smallest absolute Gasteiger partial charge is 0.166 e. The molecule has 0 aliphatic carbocycles. The predicted octanol–water partition coefficient (Wildman–Crippen LogP) is 2.83. The second-order valence-electron chi connectivity index (χ2n) is 3.80. The van der Waals surface area contributed by atoms with Crippen LogP contribution in [0.2, 0.25) is 0 Å². The summed E-state index contributed by atoms with van der Waals surface area (Å²) in [6, 6.07) is 4.08. The lowest BCUT2D eigenvalue weighted by Crippen LogP contribution is -2.44. The summed E-state index contributed by atoms with van der Waals surface area (Å²) in [6.07, 6.45) is 0.808. The number of rotatable bonds is 2. The van der Waals surface area contributed by atoms with Crippen molar-refractivity contribution in [2.45, 2.75) is 18.4 Å². The molecule has 0 saturated carbocycles. The second kappa shape index (κ2) is 3.76. The van der Waals surface area contributed by atoms with Gasteiger partial charge in [0.15, 0.2) is 5.60 Å². The number of ether oxygens (including phenoxy) is 1. The van der Waals surface area contributed by atoms with Gasteiger partial charge >= 0.3 is 0 Å². The summed E-state index contributed by atoms with van der Waals surface area (Å²) in [5.74, 6) is -0.196. The first-order valence-electron chi connectivity index (χ1n) is 4.78. The van der Waals surface area contributed by atoms with Crippen molar-refractivity contribution in [2.75, 3.05) is 13.3 Å². The number of hydrogen-bond donors (Lipinski definition) is 0. The maximum absolute atomic E-state index is 12.9. The summed E-state index contributed by atoms with van der Waals surface area (Å²) < 4.78 is 43.4. The number of fused-ring (bicyclic) bond motifs is 1. The molecule has 1 heterocycles. The zero-order chi connectivity index (χ0) is 10.9. The molecular weight excluding hydrogens is 205 g/mol. The van der Waals surface area contributed by atoms with Crippen molar-refractivity contribution >= 4 is 0 Å². The Bertz CT molecular complexity index is 361. The number of alkyl halides is 2. The zero-order valence-electron chi connectivity index (χ0n) is 8.10. The van der Waals surface area contributed by atoms with Crippen LogP contribution in [0.25, 0.3) is 0 Å². The lowest BCUT2D eigenvalue weighted by Gasteiger charge is -2.34. The lowest BCUT2D eigenvalue weighted by molar-refractivity contribution is 0.0000565. The fraction of sp³-hybridized carbons (Fsp3) is 0.455. The van der Waals surface area contributed by atoms with Crippen LogP contribution in [0.1, 0.15) is 12.0 Å². The minimum atomic E-state index is -1.40. The highest BCUT2D eigenvalue weighted by atomic mass is 19.1. The van der Waals surface area contributed by atoms with Crippen LogP contribution < -0.4 is 4.74 Å². The van der Waals surface area contributed by atoms with Crippen molar-refractivity contribution in [1.29, 1.82) is 0 Å². The Hall–Kier alpha value is -1.19. The minimum absolute atomic E-state index is 0.261. The van der Waals surface area contributed by atoms with Gasteiger partial charge in [-0.25, -0.2) is 13.2 Å². The highest BCUT2D eigenvalue weighted by molar-refractivity contribution is 5.36. The highest BCUT2D eigenvalue weighted by Gasteiger charge is 2.36. The molecule has 0 fully saturated rings. The van der Waals surface area contributed by atoms with E-state index in [1.54, 1.807) is 6.07 Å². The summed E-state index contributed by atoms with van der Waals surface area (Å²) in [4.78, 5) is 0. The molecule has 1 nitrogen and oxygen atoms in total. The predicted molar refractivity (Wildman–Crippen MR) is 50.0 cm³/mol. The van der Waals surface area contributed by atoms with Crippen LogP contribution in [0, 0.1) is 5.82 Å². The van der Waals surface area contributed by atoms with Gasteiger partial charge in [0, 0.05) is 6.07 Å². The van der Waals surface area contributed by atoms with Crippen LogP contribution in [0.5, 0.6) is 5.75 Å². The van der Waals surface area contributed by atoms with Gasteiger partial charge in [-0.15, -0.1) is 0 Å². The number of halogens is 3. The Morgan fingerprint density at radius 1 is 1.27 bits per heavy atom. The van der Waals surface area contributed by atoms with E-state index in [4.69, 9.17) is 4.74 Å². The minimum Gasteiger partial charge on any atom is -0.481 e. The molecule has 1 aliphatic rings. The topological polar surface area (TPSA) is 9.23 Å². The van der Waals surface area contributed by atoms with Gasteiger partial charge in [-0.1, -0.05) is 6.07 Å². The zero-order valence-corrected chi connectivity index (χ0v) is 8.10.